The van der Waals surface area contributed by atoms with Crippen molar-refractivity contribution in [3.63, 3.8) is 0 Å². The highest BCUT2D eigenvalue weighted by Crippen LogP contribution is 2.19. The van der Waals surface area contributed by atoms with Crippen LogP contribution in [0.15, 0.2) is 16.7 Å². The minimum Gasteiger partial charge on any atom is -0.591 e. The summed E-state index contributed by atoms with van der Waals surface area (Å²) in [7, 11) is 0. The molecule has 0 saturated heterocycles. The molecule has 1 aromatic heterocycles. The maximum Gasteiger partial charge on any atom is 0.144 e. The molecule has 1 rings (SSSR count). The van der Waals surface area contributed by atoms with E-state index in [4.69, 9.17) is 23.2 Å². The predicted octanol–water partition coefficient (Wildman–Crippen LogP) is 3.27. The summed E-state index contributed by atoms with van der Waals surface area (Å²) < 4.78 is 15.2. The number of rotatable bonds is 2. The number of nitrogens with zero attached hydrogens (tertiary/aromatic N) is 2. The maximum atomic E-state index is 11.6. The molecule has 0 spiro atoms. The molecule has 0 amide bonds. The summed E-state index contributed by atoms with van der Waals surface area (Å²) in [5.74, 6) is 0. The van der Waals surface area contributed by atoms with Crippen LogP contribution in [0, 0.1) is 0 Å². The molecule has 16 heavy (non-hydrogen) atoms. The van der Waals surface area contributed by atoms with E-state index >= 15 is 0 Å². The Kier molecular flexibility index (Phi) is 4.62. The molecular formula is C10H12Cl2N2OS. The SMILES string of the molecule is CC(C)(C)[S@+]([O-])N=Cc1ncc(Cl)cc1Cl. The van der Waals surface area contributed by atoms with Crippen molar-refractivity contribution < 1.29 is 4.55 Å². The Morgan fingerprint density at radius 2 is 2.06 bits per heavy atom. The third-order valence-corrected chi connectivity index (χ3v) is 3.48. The molecule has 0 aliphatic heterocycles. The summed E-state index contributed by atoms with van der Waals surface area (Å²) in [6.07, 6.45) is 2.87. The van der Waals surface area contributed by atoms with Crippen molar-refractivity contribution in [3.05, 3.63) is 28.0 Å². The molecule has 0 aliphatic carbocycles. The average molecular weight is 279 g/mol. The van der Waals surface area contributed by atoms with E-state index in [0.717, 1.165) is 0 Å². The summed E-state index contributed by atoms with van der Waals surface area (Å²) in [6, 6.07) is 1.57. The van der Waals surface area contributed by atoms with Gasteiger partial charge in [0.25, 0.3) is 0 Å². The van der Waals surface area contributed by atoms with Crippen LogP contribution in [0.2, 0.25) is 10.0 Å². The second-order valence-corrected chi connectivity index (χ2v) is 6.89. The van der Waals surface area contributed by atoms with Gasteiger partial charge >= 0.3 is 0 Å². The summed E-state index contributed by atoms with van der Waals surface area (Å²) in [6.45, 7) is 5.53. The third kappa shape index (κ3) is 3.94. The van der Waals surface area contributed by atoms with E-state index < -0.39 is 16.1 Å². The van der Waals surface area contributed by atoms with Crippen molar-refractivity contribution in [2.75, 3.05) is 0 Å². The summed E-state index contributed by atoms with van der Waals surface area (Å²) >= 11 is 10.3. The molecule has 0 saturated carbocycles. The van der Waals surface area contributed by atoms with Gasteiger partial charge in [-0.2, -0.15) is 0 Å². The quantitative estimate of drug-likeness (QED) is 0.616. The molecule has 0 N–H and O–H groups in total. The van der Waals surface area contributed by atoms with Crippen LogP contribution in [-0.2, 0) is 11.4 Å². The van der Waals surface area contributed by atoms with Crippen LogP contribution in [0.25, 0.3) is 0 Å². The third-order valence-electron chi connectivity index (χ3n) is 1.63. The average Bonchev–Trinajstić information content (AvgIpc) is 2.14. The standard InChI is InChI=1S/C10H12Cl2N2OS/c1-10(2,3)16(15)14-6-9-8(12)4-7(11)5-13-9/h4-6H,1-3H3/t16-/m0/s1. The van der Waals surface area contributed by atoms with E-state index in [1.807, 2.05) is 20.8 Å². The molecular weight excluding hydrogens is 267 g/mol. The lowest BCUT2D eigenvalue weighted by atomic mass is 10.3. The first-order valence-corrected chi connectivity index (χ1v) is 6.44. The fourth-order valence-corrected chi connectivity index (χ4v) is 1.72. The first-order valence-electron chi connectivity index (χ1n) is 4.58. The molecule has 0 radical (unpaired) electrons. The second kappa shape index (κ2) is 5.36. The van der Waals surface area contributed by atoms with Gasteiger partial charge in [0.2, 0.25) is 0 Å². The van der Waals surface area contributed by atoms with E-state index in [2.05, 4.69) is 9.38 Å². The Hall–Kier alpha value is -0.290. The Morgan fingerprint density at radius 1 is 1.44 bits per heavy atom. The van der Waals surface area contributed by atoms with Gasteiger partial charge in [0, 0.05) is 6.20 Å². The molecule has 0 bridgehead atoms. The number of hydrogen-bond acceptors (Lipinski definition) is 3. The van der Waals surface area contributed by atoms with Crippen LogP contribution in [0.3, 0.4) is 0 Å². The number of halogens is 2. The van der Waals surface area contributed by atoms with E-state index in [9.17, 15) is 4.55 Å². The Bertz CT molecular complexity index is 404. The van der Waals surface area contributed by atoms with Crippen LogP contribution in [0.5, 0.6) is 0 Å². The van der Waals surface area contributed by atoms with Gasteiger partial charge in [0.1, 0.15) is 28.0 Å². The molecule has 0 fully saturated rings. The molecule has 0 aromatic carbocycles. The van der Waals surface area contributed by atoms with Crippen LogP contribution in [-0.4, -0.2) is 20.5 Å². The molecule has 1 aromatic rings. The zero-order valence-corrected chi connectivity index (χ0v) is 11.5. The monoisotopic (exact) mass is 278 g/mol. The van der Waals surface area contributed by atoms with E-state index in [1.165, 1.54) is 12.4 Å². The topological polar surface area (TPSA) is 48.3 Å². The Labute approximate surface area is 108 Å². The van der Waals surface area contributed by atoms with Crippen LogP contribution >= 0.6 is 23.2 Å². The van der Waals surface area contributed by atoms with Gasteiger partial charge in [0.15, 0.2) is 0 Å². The van der Waals surface area contributed by atoms with Gasteiger partial charge in [-0.15, -0.1) is 0 Å². The van der Waals surface area contributed by atoms with Crippen LogP contribution in [0.1, 0.15) is 26.5 Å². The van der Waals surface area contributed by atoms with Crippen molar-refractivity contribution in [1.29, 1.82) is 0 Å². The Balaban J connectivity index is 2.85. The van der Waals surface area contributed by atoms with Crippen molar-refractivity contribution in [3.8, 4) is 0 Å². The minimum atomic E-state index is -1.31. The van der Waals surface area contributed by atoms with Crippen molar-refractivity contribution in [2.45, 2.75) is 25.5 Å². The van der Waals surface area contributed by atoms with Gasteiger partial charge in [-0.05, 0) is 26.8 Å². The summed E-state index contributed by atoms with van der Waals surface area (Å²) in [5, 5.41) is 0.848. The molecule has 0 unspecified atom stereocenters. The number of aromatic nitrogens is 1. The van der Waals surface area contributed by atoms with Crippen LogP contribution in [0.4, 0.5) is 0 Å². The molecule has 6 heteroatoms. The van der Waals surface area contributed by atoms with E-state index in [0.29, 0.717) is 15.7 Å². The zero-order valence-electron chi connectivity index (χ0n) is 9.20. The van der Waals surface area contributed by atoms with Gasteiger partial charge in [-0.3, -0.25) is 4.98 Å². The molecule has 0 aliphatic rings. The number of pyridine rings is 1. The summed E-state index contributed by atoms with van der Waals surface area (Å²) in [4.78, 5) is 3.98. The maximum absolute atomic E-state index is 11.6. The fraction of sp³-hybridized carbons (Fsp3) is 0.400. The van der Waals surface area contributed by atoms with Crippen LogP contribution < -0.4 is 0 Å². The fourth-order valence-electron chi connectivity index (χ4n) is 0.776. The van der Waals surface area contributed by atoms with Crippen molar-refractivity contribution in [2.24, 2.45) is 4.40 Å². The predicted molar refractivity (Wildman–Crippen MR) is 69.7 cm³/mol. The molecule has 1 heterocycles. The normalized spacial score (nSPS) is 14.4. The lowest BCUT2D eigenvalue weighted by Crippen LogP contribution is -2.25. The molecule has 88 valence electrons. The smallest absolute Gasteiger partial charge is 0.144 e. The highest BCUT2D eigenvalue weighted by Gasteiger charge is 2.25. The molecule has 1 atom stereocenters. The largest absolute Gasteiger partial charge is 0.591 e. The van der Waals surface area contributed by atoms with Crippen molar-refractivity contribution >= 4 is 40.8 Å². The highest BCUT2D eigenvalue weighted by molar-refractivity contribution is 7.91. The molecule has 3 nitrogen and oxygen atoms in total. The number of hydrogen-bond donors (Lipinski definition) is 0. The van der Waals surface area contributed by atoms with Gasteiger partial charge in [0.05, 0.1) is 10.0 Å². The van der Waals surface area contributed by atoms with E-state index in [-0.39, 0.29) is 0 Å². The lowest BCUT2D eigenvalue weighted by Gasteiger charge is -2.17. The van der Waals surface area contributed by atoms with Gasteiger partial charge < -0.3 is 4.55 Å². The summed E-state index contributed by atoms with van der Waals surface area (Å²) in [5.41, 5.74) is 0.462. The zero-order chi connectivity index (χ0) is 12.3. The Morgan fingerprint density at radius 3 is 2.56 bits per heavy atom. The highest BCUT2D eigenvalue weighted by atomic mass is 35.5. The van der Waals surface area contributed by atoms with Crippen molar-refractivity contribution in [1.82, 2.24) is 4.98 Å². The minimum absolute atomic E-state index is 0.391. The van der Waals surface area contributed by atoms with Gasteiger partial charge in [-0.1, -0.05) is 27.6 Å². The van der Waals surface area contributed by atoms with E-state index in [1.54, 1.807) is 6.07 Å². The first kappa shape index (κ1) is 13.8. The lowest BCUT2D eigenvalue weighted by molar-refractivity contribution is 0.562. The van der Waals surface area contributed by atoms with Gasteiger partial charge in [-0.25, -0.2) is 0 Å². The first-order chi connectivity index (χ1) is 7.30. The second-order valence-electron chi connectivity index (χ2n) is 4.12.